The molecule has 4 heterocycles. The van der Waals surface area contributed by atoms with Gasteiger partial charge < -0.3 is 29.7 Å². The van der Waals surface area contributed by atoms with Crippen molar-refractivity contribution in [1.29, 1.82) is 0 Å². The maximum Gasteiger partial charge on any atom is 0.408 e. The lowest BCUT2D eigenvalue weighted by Gasteiger charge is -2.29. The average Bonchev–Trinajstić information content (AvgIpc) is 3.72. The van der Waals surface area contributed by atoms with E-state index in [9.17, 15) is 19.2 Å². The number of para-hydroxylation sites is 2. The molecule has 0 bridgehead atoms. The number of aromatic nitrogens is 2. The van der Waals surface area contributed by atoms with E-state index in [-0.39, 0.29) is 31.6 Å². The highest BCUT2D eigenvalue weighted by Crippen LogP contribution is 2.46. The Labute approximate surface area is 336 Å². The van der Waals surface area contributed by atoms with Gasteiger partial charge in [0.2, 0.25) is 17.7 Å². The smallest absolute Gasteiger partial charge is 0.408 e. The van der Waals surface area contributed by atoms with Crippen LogP contribution in [0.3, 0.4) is 0 Å². The number of nitrogens with zero attached hydrogens (tertiary/aromatic N) is 3. The fraction of sp³-hybridized carbons (Fsp3) is 0.455. The Morgan fingerprint density at radius 3 is 2.46 bits per heavy atom. The Morgan fingerprint density at radius 2 is 1.67 bits per heavy atom. The first-order valence-corrected chi connectivity index (χ1v) is 21.2. The van der Waals surface area contributed by atoms with Gasteiger partial charge in [-0.2, -0.15) is 0 Å². The largest absolute Gasteiger partial charge is 0.471 e. The van der Waals surface area contributed by atoms with E-state index in [0.29, 0.717) is 48.3 Å². The number of rotatable bonds is 9. The number of carbonyl (C=O) groups excluding carboxylic acids is 4. The van der Waals surface area contributed by atoms with Crippen LogP contribution in [0.5, 0.6) is 5.88 Å². The van der Waals surface area contributed by atoms with Gasteiger partial charge in [-0.3, -0.25) is 9.59 Å². The summed E-state index contributed by atoms with van der Waals surface area (Å²) in [5.74, 6) is -1.30. The number of amides is 3. The minimum Gasteiger partial charge on any atom is -0.471 e. The van der Waals surface area contributed by atoms with Crippen molar-refractivity contribution in [3.8, 4) is 16.5 Å². The Balaban J connectivity index is 1.07. The van der Waals surface area contributed by atoms with Crippen LogP contribution in [0.4, 0.5) is 4.79 Å². The molecule has 4 aromatic rings. The summed E-state index contributed by atoms with van der Waals surface area (Å²) < 4.78 is 18.2. The molecular weight excluding hydrogens is 743 g/mol. The van der Waals surface area contributed by atoms with Crippen LogP contribution < -0.4 is 15.4 Å². The molecule has 2 aliphatic heterocycles. The van der Waals surface area contributed by atoms with Crippen LogP contribution >= 0.6 is 11.3 Å². The molecule has 57 heavy (non-hydrogen) atoms. The number of esters is 1. The van der Waals surface area contributed by atoms with E-state index in [2.05, 4.69) is 16.7 Å². The van der Waals surface area contributed by atoms with Gasteiger partial charge in [0.15, 0.2) is 0 Å². The SMILES string of the molecule is O=C(N[C@@H]1CCCCC/C=C\[C@@H]2C[C@]2(C(=O)OCCc2ccccc2)NC(=O)[C@@H]2C[C@H](Oc3nc4ccccc4nc3-c3cccs3)CN2C1=O)OC1CCCC1. The van der Waals surface area contributed by atoms with Crippen molar-refractivity contribution in [2.45, 2.75) is 107 Å². The summed E-state index contributed by atoms with van der Waals surface area (Å²) >= 11 is 1.51. The zero-order valence-corrected chi connectivity index (χ0v) is 32.8. The quantitative estimate of drug-likeness (QED) is 0.136. The zero-order valence-electron chi connectivity index (χ0n) is 32.0. The van der Waals surface area contributed by atoms with Crippen molar-refractivity contribution in [2.24, 2.45) is 5.92 Å². The zero-order chi connectivity index (χ0) is 39.2. The van der Waals surface area contributed by atoms with Gasteiger partial charge in [0.1, 0.15) is 35.5 Å². The molecule has 0 radical (unpaired) electrons. The van der Waals surface area contributed by atoms with Gasteiger partial charge in [0, 0.05) is 18.8 Å². The van der Waals surface area contributed by atoms with E-state index in [4.69, 9.17) is 24.2 Å². The first-order chi connectivity index (χ1) is 27.9. The van der Waals surface area contributed by atoms with E-state index in [1.54, 1.807) is 0 Å². The second-order valence-corrected chi connectivity index (χ2v) is 16.5. The average molecular weight is 792 g/mol. The summed E-state index contributed by atoms with van der Waals surface area (Å²) in [5, 5.41) is 7.90. The molecule has 12 nitrogen and oxygen atoms in total. The Kier molecular flexibility index (Phi) is 11.8. The van der Waals surface area contributed by atoms with Gasteiger partial charge in [-0.25, -0.2) is 19.6 Å². The second kappa shape index (κ2) is 17.5. The van der Waals surface area contributed by atoms with E-state index in [1.165, 1.54) is 16.2 Å². The first kappa shape index (κ1) is 38.6. The number of fused-ring (bicyclic) bond motifs is 3. The summed E-state index contributed by atoms with van der Waals surface area (Å²) in [6.07, 6.45) is 10.9. The number of hydrogen-bond acceptors (Lipinski definition) is 10. The molecule has 3 fully saturated rings. The fourth-order valence-electron chi connectivity index (χ4n) is 8.30. The van der Waals surface area contributed by atoms with Crippen molar-refractivity contribution >= 4 is 46.2 Å². The van der Waals surface area contributed by atoms with Crippen molar-refractivity contribution in [2.75, 3.05) is 13.2 Å². The predicted molar refractivity (Wildman–Crippen MR) is 215 cm³/mol. The molecule has 2 saturated carbocycles. The van der Waals surface area contributed by atoms with Gasteiger partial charge in [0.05, 0.1) is 29.1 Å². The monoisotopic (exact) mass is 791 g/mol. The molecule has 13 heteroatoms. The van der Waals surface area contributed by atoms with E-state index < -0.39 is 47.6 Å². The third-order valence-corrected chi connectivity index (χ3v) is 12.4. The highest BCUT2D eigenvalue weighted by atomic mass is 32.1. The molecule has 0 spiro atoms. The lowest BCUT2D eigenvalue weighted by molar-refractivity contribution is -0.150. The number of hydrogen-bond donors (Lipinski definition) is 2. The molecule has 5 atom stereocenters. The summed E-state index contributed by atoms with van der Waals surface area (Å²) in [7, 11) is 0. The number of carbonyl (C=O) groups is 4. The van der Waals surface area contributed by atoms with Crippen molar-refractivity contribution in [3.63, 3.8) is 0 Å². The lowest BCUT2D eigenvalue weighted by Crippen LogP contribution is -2.56. The van der Waals surface area contributed by atoms with Crippen molar-refractivity contribution < 1.29 is 33.4 Å². The van der Waals surface area contributed by atoms with Gasteiger partial charge in [-0.15, -0.1) is 11.3 Å². The number of ether oxygens (including phenoxy) is 3. The van der Waals surface area contributed by atoms with Gasteiger partial charge in [-0.1, -0.05) is 73.5 Å². The van der Waals surface area contributed by atoms with Crippen LogP contribution in [0.1, 0.15) is 76.2 Å². The number of allylic oxidation sites excluding steroid dienone is 1. The van der Waals surface area contributed by atoms with Gasteiger partial charge >= 0.3 is 12.1 Å². The third-order valence-electron chi connectivity index (χ3n) is 11.5. The second-order valence-electron chi connectivity index (χ2n) is 15.5. The van der Waals surface area contributed by atoms with Gasteiger partial charge in [-0.05, 0) is 80.5 Å². The van der Waals surface area contributed by atoms with Crippen LogP contribution in [0.15, 0.2) is 84.3 Å². The van der Waals surface area contributed by atoms with Crippen LogP contribution in [0.25, 0.3) is 21.6 Å². The lowest BCUT2D eigenvalue weighted by atomic mass is 10.0. The molecule has 4 aliphatic rings. The molecule has 2 aromatic heterocycles. The number of nitrogens with one attached hydrogen (secondary N) is 2. The van der Waals surface area contributed by atoms with E-state index in [0.717, 1.165) is 55.4 Å². The summed E-state index contributed by atoms with van der Waals surface area (Å²) in [6, 6.07) is 19.3. The summed E-state index contributed by atoms with van der Waals surface area (Å²) in [4.78, 5) is 68.5. The molecule has 8 rings (SSSR count). The highest BCUT2D eigenvalue weighted by molar-refractivity contribution is 7.13. The molecule has 2 aromatic carbocycles. The molecule has 0 unspecified atom stereocenters. The first-order valence-electron chi connectivity index (χ1n) is 20.3. The number of alkyl carbamates (subject to hydrolysis) is 1. The van der Waals surface area contributed by atoms with Crippen LogP contribution in [-0.2, 0) is 30.3 Å². The van der Waals surface area contributed by atoms with Crippen molar-refractivity contribution in [1.82, 2.24) is 25.5 Å². The van der Waals surface area contributed by atoms with Gasteiger partial charge in [0.25, 0.3) is 0 Å². The molecular formula is C44H49N5O7S. The normalized spacial score (nSPS) is 26.0. The Bertz CT molecular complexity index is 2090. The number of benzene rings is 2. The maximum absolute atomic E-state index is 14.7. The maximum atomic E-state index is 14.7. The Morgan fingerprint density at radius 1 is 0.895 bits per heavy atom. The van der Waals surface area contributed by atoms with Crippen LogP contribution in [0.2, 0.25) is 0 Å². The third kappa shape index (κ3) is 8.98. The number of thiophene rings is 1. The molecule has 1 saturated heterocycles. The van der Waals surface area contributed by atoms with Crippen molar-refractivity contribution in [3.05, 3.63) is 89.8 Å². The highest BCUT2D eigenvalue weighted by Gasteiger charge is 2.62. The fourth-order valence-corrected chi connectivity index (χ4v) is 9.01. The van der Waals surface area contributed by atoms with E-state index in [1.807, 2.05) is 78.2 Å². The van der Waals surface area contributed by atoms with Crippen LogP contribution in [-0.4, -0.2) is 81.7 Å². The molecule has 298 valence electrons. The topological polar surface area (TPSA) is 149 Å². The van der Waals surface area contributed by atoms with Crippen LogP contribution in [0, 0.1) is 5.92 Å². The molecule has 3 amide bonds. The minimum atomic E-state index is -1.25. The minimum absolute atomic E-state index is 0.0585. The molecule has 2 aliphatic carbocycles. The molecule has 2 N–H and O–H groups in total. The Hall–Kier alpha value is -5.30. The predicted octanol–water partition coefficient (Wildman–Crippen LogP) is 6.93. The standard InChI is InChI=1S/C44H49N5O7S/c50-39-36-26-32(55-40-38(37-22-13-25-57-37)45-33-19-11-12-20-34(33)46-40)28-49(36)41(51)35(47-43(53)56-31-17-9-10-18-31)21-8-3-1-2-7-16-30-27-44(30,48-39)42(52)54-24-23-29-14-5-4-6-15-29/h4-7,11-16,19-20,22,25,30-32,35-36H,1-3,8-10,17-18,21,23-24,26-28H2,(H,47,53)(H,48,50)/b16-7-/t30-,32+,35-,36+,44+/m1/s1. The summed E-state index contributed by atoms with van der Waals surface area (Å²) in [6.45, 7) is 0.230. The van der Waals surface area contributed by atoms with E-state index >= 15 is 0 Å². The summed E-state index contributed by atoms with van der Waals surface area (Å²) in [5.41, 5.74) is 1.73.